The number of phosphoric ester groups is 1. The Morgan fingerprint density at radius 3 is 1.73 bits per heavy atom. The van der Waals surface area contributed by atoms with Gasteiger partial charge in [0.1, 0.15) is 43.2 Å². The molecule has 1 saturated carbocycles. The number of esters is 2. The van der Waals surface area contributed by atoms with Crippen molar-refractivity contribution >= 4 is 19.8 Å². The third kappa shape index (κ3) is 29.1. The van der Waals surface area contributed by atoms with E-state index in [0.29, 0.717) is 19.3 Å². The molecule has 0 radical (unpaired) electrons. The second-order valence-electron chi connectivity index (χ2n) is 16.1. The summed E-state index contributed by atoms with van der Waals surface area (Å²) in [5.41, 5.74) is 0. The minimum Gasteiger partial charge on any atom is -0.462 e. The molecule has 1 aliphatic carbocycles. The average molecular weight is 901 g/mol. The molecule has 62 heavy (non-hydrogen) atoms. The van der Waals surface area contributed by atoms with Gasteiger partial charge in [0.2, 0.25) is 0 Å². The maximum absolute atomic E-state index is 12.8. The van der Waals surface area contributed by atoms with Crippen LogP contribution >= 0.6 is 7.82 Å². The van der Waals surface area contributed by atoms with Gasteiger partial charge in [0.15, 0.2) is 6.10 Å². The van der Waals surface area contributed by atoms with Crippen LogP contribution in [-0.4, -0.2) is 110 Å². The van der Waals surface area contributed by atoms with Crippen molar-refractivity contribution in [3.05, 3.63) is 60.8 Å². The Bertz CT molecular complexity index is 1330. The van der Waals surface area contributed by atoms with Gasteiger partial charge in [-0.3, -0.25) is 18.6 Å². The molecule has 1 rings (SSSR count). The van der Waals surface area contributed by atoms with Crippen LogP contribution in [0, 0.1) is 0 Å². The van der Waals surface area contributed by atoms with E-state index in [9.17, 15) is 49.7 Å². The summed E-state index contributed by atoms with van der Waals surface area (Å²) >= 11 is 0. The zero-order valence-corrected chi connectivity index (χ0v) is 38.4. The second kappa shape index (κ2) is 36.8. The van der Waals surface area contributed by atoms with Crippen molar-refractivity contribution in [1.82, 2.24) is 0 Å². The molecule has 0 heterocycles. The number of carbonyl (C=O) groups excluding carboxylic acids is 2. The van der Waals surface area contributed by atoms with Gasteiger partial charge in [0, 0.05) is 12.8 Å². The van der Waals surface area contributed by atoms with Crippen molar-refractivity contribution < 1.29 is 68.2 Å². The molecule has 0 aromatic rings. The lowest BCUT2D eigenvalue weighted by atomic mass is 9.85. The normalized spacial score (nSPS) is 22.9. The molecule has 0 saturated heterocycles. The van der Waals surface area contributed by atoms with Crippen LogP contribution in [0.3, 0.4) is 0 Å². The lowest BCUT2D eigenvalue weighted by molar-refractivity contribution is -0.220. The molecule has 0 spiro atoms. The van der Waals surface area contributed by atoms with Crippen molar-refractivity contribution in [1.29, 1.82) is 0 Å². The zero-order valence-electron chi connectivity index (χ0n) is 37.5. The predicted octanol–water partition coefficient (Wildman–Crippen LogP) is 7.92. The number of hydrogen-bond acceptors (Lipinski definition) is 13. The minimum atomic E-state index is -5.14. The fourth-order valence-corrected chi connectivity index (χ4v) is 7.59. The van der Waals surface area contributed by atoms with Crippen LogP contribution in [0.25, 0.3) is 0 Å². The Hall–Kier alpha value is -2.49. The fraction of sp³-hybridized carbons (Fsp3) is 0.745. The molecule has 0 aromatic carbocycles. The highest BCUT2D eigenvalue weighted by Gasteiger charge is 2.51. The van der Waals surface area contributed by atoms with Crippen molar-refractivity contribution in [2.45, 2.75) is 210 Å². The van der Waals surface area contributed by atoms with E-state index in [1.807, 2.05) is 42.5 Å². The van der Waals surface area contributed by atoms with Crippen LogP contribution in [0.5, 0.6) is 0 Å². The number of ether oxygens (including phenoxy) is 2. The molecule has 0 aliphatic heterocycles. The highest BCUT2D eigenvalue weighted by molar-refractivity contribution is 7.47. The standard InChI is InChI=1S/C47H81O14P/c1-3-5-7-8-9-10-11-12-13-14-17-21-24-27-31-35-41(50)60-39(37-59-62(56,57)61-47-45(54)43(52)42(51)44(53)46(47)55)36-58-40(49)34-30-26-23-20-18-15-16-19-22-25-29-33-38(48)32-28-6-4-2/h10-11,15-16,20,22-23,25,29,33,38-39,42-48,51-55H,3-9,12-14,17-19,21,24,26-28,30-32,34-37H2,1-2H3,(H,56,57)/b11-10-,16-15-,23-20-,25-22-,33-29+/t38-,39-,42?,43-,44+,45-,46-,47?/m1/s1. The molecule has 7 N–H and O–H groups in total. The number of allylic oxidation sites excluding steroid dienone is 9. The second-order valence-corrected chi connectivity index (χ2v) is 17.5. The summed E-state index contributed by atoms with van der Waals surface area (Å²) in [5.74, 6) is -1.20. The first kappa shape index (κ1) is 57.5. The van der Waals surface area contributed by atoms with E-state index in [0.717, 1.165) is 89.9 Å². The summed E-state index contributed by atoms with van der Waals surface area (Å²) < 4.78 is 33.4. The first-order chi connectivity index (χ1) is 29.8. The van der Waals surface area contributed by atoms with Gasteiger partial charge in [-0.05, 0) is 64.2 Å². The van der Waals surface area contributed by atoms with Crippen LogP contribution in [0.15, 0.2) is 60.8 Å². The summed E-state index contributed by atoms with van der Waals surface area (Å²) in [6, 6.07) is 0. The van der Waals surface area contributed by atoms with Crippen LogP contribution in [0.2, 0.25) is 0 Å². The van der Waals surface area contributed by atoms with Gasteiger partial charge in [-0.1, -0.05) is 145 Å². The third-order valence-corrected chi connectivity index (χ3v) is 11.4. The summed E-state index contributed by atoms with van der Waals surface area (Å²) in [6.45, 7) is 3.10. The van der Waals surface area contributed by atoms with Crippen LogP contribution in [0.4, 0.5) is 0 Å². The monoisotopic (exact) mass is 901 g/mol. The average Bonchev–Trinajstić information content (AvgIpc) is 3.25. The number of aliphatic hydroxyl groups excluding tert-OH is 6. The van der Waals surface area contributed by atoms with Gasteiger partial charge < -0.3 is 45.0 Å². The zero-order chi connectivity index (χ0) is 45.9. The van der Waals surface area contributed by atoms with E-state index in [4.69, 9.17) is 18.5 Å². The number of carbonyl (C=O) groups is 2. The molecular weight excluding hydrogens is 819 g/mol. The van der Waals surface area contributed by atoms with Crippen LogP contribution in [-0.2, 0) is 32.7 Å². The van der Waals surface area contributed by atoms with Crippen molar-refractivity contribution in [2.75, 3.05) is 13.2 Å². The lowest BCUT2D eigenvalue weighted by Crippen LogP contribution is -2.64. The summed E-state index contributed by atoms with van der Waals surface area (Å²) in [5, 5.41) is 60.0. The Kier molecular flexibility index (Phi) is 34.2. The Morgan fingerprint density at radius 2 is 1.08 bits per heavy atom. The molecule has 1 aliphatic rings. The van der Waals surface area contributed by atoms with Crippen molar-refractivity contribution in [2.24, 2.45) is 0 Å². The van der Waals surface area contributed by atoms with Crippen molar-refractivity contribution in [3.63, 3.8) is 0 Å². The lowest BCUT2D eigenvalue weighted by Gasteiger charge is -2.41. The molecule has 14 nitrogen and oxygen atoms in total. The maximum Gasteiger partial charge on any atom is 0.472 e. The quantitative estimate of drug-likeness (QED) is 0.0103. The first-order valence-electron chi connectivity index (χ1n) is 23.2. The number of hydrogen-bond donors (Lipinski definition) is 7. The molecule has 9 atom stereocenters. The minimum absolute atomic E-state index is 0.0682. The van der Waals surface area contributed by atoms with Gasteiger partial charge in [0.05, 0.1) is 12.7 Å². The Morgan fingerprint density at radius 1 is 0.581 bits per heavy atom. The fourth-order valence-electron chi connectivity index (χ4n) is 6.62. The molecule has 3 unspecified atom stereocenters. The molecule has 15 heteroatoms. The van der Waals surface area contributed by atoms with Gasteiger partial charge in [-0.25, -0.2) is 4.57 Å². The van der Waals surface area contributed by atoms with Crippen LogP contribution < -0.4 is 0 Å². The number of rotatable bonds is 37. The SMILES string of the molecule is CCCCCC/C=C\CCCCCCCCCC(=O)O[C@H](COC(=O)CCC/C=C\C/C=C\C/C=C\C=C\[C@H](O)CCCCC)COP(=O)(O)OC1[C@H](O)[C@H](O)C(O)[C@H](O)[C@H]1O. The highest BCUT2D eigenvalue weighted by Crippen LogP contribution is 2.47. The molecule has 0 amide bonds. The predicted molar refractivity (Wildman–Crippen MR) is 241 cm³/mol. The third-order valence-electron chi connectivity index (χ3n) is 10.4. The van der Waals surface area contributed by atoms with E-state index in [1.54, 1.807) is 6.08 Å². The number of phosphoric acid groups is 1. The van der Waals surface area contributed by atoms with Crippen molar-refractivity contribution in [3.8, 4) is 0 Å². The van der Waals surface area contributed by atoms with E-state index < -0.39 is 81.8 Å². The maximum atomic E-state index is 12.8. The van der Waals surface area contributed by atoms with Crippen LogP contribution in [0.1, 0.15) is 162 Å². The Balaban J connectivity index is 2.52. The van der Waals surface area contributed by atoms with E-state index >= 15 is 0 Å². The Labute approximate surface area is 371 Å². The van der Waals surface area contributed by atoms with Gasteiger partial charge in [-0.2, -0.15) is 0 Å². The topological polar surface area (TPSA) is 230 Å². The highest BCUT2D eigenvalue weighted by atomic mass is 31.2. The molecule has 0 aromatic heterocycles. The molecule has 1 fully saturated rings. The summed E-state index contributed by atoms with van der Waals surface area (Å²) in [6.07, 6.45) is 27.4. The van der Waals surface area contributed by atoms with E-state index in [-0.39, 0.29) is 12.8 Å². The largest absolute Gasteiger partial charge is 0.472 e. The number of unbranched alkanes of at least 4 members (excludes halogenated alkanes) is 14. The van der Waals surface area contributed by atoms with E-state index in [2.05, 4.69) is 26.0 Å². The summed E-state index contributed by atoms with van der Waals surface area (Å²) in [7, 11) is -5.14. The molecule has 0 bridgehead atoms. The number of aliphatic hydroxyl groups is 6. The van der Waals surface area contributed by atoms with Gasteiger partial charge in [0.25, 0.3) is 0 Å². The van der Waals surface area contributed by atoms with E-state index in [1.165, 1.54) is 25.7 Å². The molecule has 358 valence electrons. The smallest absolute Gasteiger partial charge is 0.462 e. The summed E-state index contributed by atoms with van der Waals surface area (Å²) in [4.78, 5) is 35.7. The first-order valence-corrected chi connectivity index (χ1v) is 24.7. The molecular formula is C47H81O14P. The van der Waals surface area contributed by atoms with Gasteiger partial charge in [-0.15, -0.1) is 0 Å². The van der Waals surface area contributed by atoms with Gasteiger partial charge >= 0.3 is 19.8 Å².